The third-order valence-electron chi connectivity index (χ3n) is 4.16. The number of anilines is 3. The SMILES string of the molecule is CCOc1cc(C2N=C(NC#N)Nc3nc(N)c(C#N)c(N)c32)ccc1OC. The number of nitriles is 2. The van der Waals surface area contributed by atoms with Gasteiger partial charge in [-0.25, -0.2) is 9.98 Å². The fraction of sp³-hybridized carbons (Fsp3) is 0.222. The highest BCUT2D eigenvalue weighted by Gasteiger charge is 2.30. The first-order chi connectivity index (χ1) is 13.5. The number of hydrogen-bond acceptors (Lipinski definition) is 10. The second-order valence-electron chi connectivity index (χ2n) is 5.75. The highest BCUT2D eigenvalue weighted by molar-refractivity contribution is 5.98. The lowest BCUT2D eigenvalue weighted by atomic mass is 9.95. The van der Waals surface area contributed by atoms with Gasteiger partial charge in [-0.1, -0.05) is 6.07 Å². The molecule has 1 aliphatic heterocycles. The average Bonchev–Trinajstić information content (AvgIpc) is 2.68. The molecule has 0 aliphatic carbocycles. The molecule has 10 nitrogen and oxygen atoms in total. The Bertz CT molecular complexity index is 1040. The van der Waals surface area contributed by atoms with E-state index in [0.29, 0.717) is 35.1 Å². The van der Waals surface area contributed by atoms with Crippen molar-refractivity contribution in [3.63, 3.8) is 0 Å². The van der Waals surface area contributed by atoms with E-state index < -0.39 is 6.04 Å². The number of nitrogen functional groups attached to an aromatic ring is 2. The molecule has 142 valence electrons. The number of benzene rings is 1. The molecule has 10 heteroatoms. The van der Waals surface area contributed by atoms with Crippen molar-refractivity contribution < 1.29 is 9.47 Å². The highest BCUT2D eigenvalue weighted by Crippen LogP contribution is 2.42. The summed E-state index contributed by atoms with van der Waals surface area (Å²) in [4.78, 5) is 8.74. The number of nitrogens with zero attached hydrogens (tertiary/aromatic N) is 4. The fourth-order valence-corrected chi connectivity index (χ4v) is 2.95. The van der Waals surface area contributed by atoms with E-state index in [0.717, 1.165) is 0 Å². The number of hydrogen-bond donors (Lipinski definition) is 4. The number of rotatable bonds is 4. The molecule has 1 aromatic heterocycles. The van der Waals surface area contributed by atoms with Crippen LogP contribution in [0.15, 0.2) is 23.2 Å². The normalized spacial score (nSPS) is 14.6. The number of pyridine rings is 1. The second-order valence-corrected chi connectivity index (χ2v) is 5.75. The van der Waals surface area contributed by atoms with Crippen LogP contribution >= 0.6 is 0 Å². The van der Waals surface area contributed by atoms with Crippen LogP contribution in [0.1, 0.15) is 29.7 Å². The third-order valence-corrected chi connectivity index (χ3v) is 4.16. The van der Waals surface area contributed by atoms with Crippen LogP contribution < -0.4 is 31.6 Å². The Morgan fingerprint density at radius 1 is 1.29 bits per heavy atom. The molecule has 0 bridgehead atoms. The van der Waals surface area contributed by atoms with Crippen molar-refractivity contribution in [2.24, 2.45) is 4.99 Å². The second kappa shape index (κ2) is 7.60. The number of aliphatic imine (C=N–C) groups is 1. The van der Waals surface area contributed by atoms with Crippen molar-refractivity contribution in [3.8, 4) is 23.8 Å². The summed E-state index contributed by atoms with van der Waals surface area (Å²) < 4.78 is 11.0. The van der Waals surface area contributed by atoms with Crippen LogP contribution in [0, 0.1) is 22.8 Å². The fourth-order valence-electron chi connectivity index (χ4n) is 2.95. The van der Waals surface area contributed by atoms with Gasteiger partial charge in [0.05, 0.1) is 19.4 Å². The van der Waals surface area contributed by atoms with E-state index in [1.165, 1.54) is 0 Å². The molecule has 2 heterocycles. The molecule has 0 saturated heterocycles. The van der Waals surface area contributed by atoms with E-state index in [1.54, 1.807) is 25.3 Å². The molecule has 28 heavy (non-hydrogen) atoms. The molecule has 0 spiro atoms. The van der Waals surface area contributed by atoms with E-state index in [4.69, 9.17) is 26.2 Å². The molecular weight excluding hydrogens is 360 g/mol. The molecule has 1 aliphatic rings. The molecule has 1 atom stereocenters. The van der Waals surface area contributed by atoms with Gasteiger partial charge in [0.2, 0.25) is 5.96 Å². The monoisotopic (exact) mass is 378 g/mol. The van der Waals surface area contributed by atoms with Crippen molar-refractivity contribution in [2.45, 2.75) is 13.0 Å². The smallest absolute Gasteiger partial charge is 0.211 e. The van der Waals surface area contributed by atoms with E-state index in [9.17, 15) is 5.26 Å². The molecule has 2 aromatic rings. The van der Waals surface area contributed by atoms with E-state index >= 15 is 0 Å². The van der Waals surface area contributed by atoms with Crippen LogP contribution in [-0.2, 0) is 0 Å². The molecule has 0 saturated carbocycles. The van der Waals surface area contributed by atoms with Crippen LogP contribution in [-0.4, -0.2) is 24.7 Å². The number of methoxy groups -OCH3 is 1. The first kappa shape index (κ1) is 18.6. The summed E-state index contributed by atoms with van der Waals surface area (Å²) >= 11 is 0. The number of nitrogens with two attached hydrogens (primary N) is 2. The molecule has 1 unspecified atom stereocenters. The largest absolute Gasteiger partial charge is 0.493 e. The maximum absolute atomic E-state index is 9.38. The lowest BCUT2D eigenvalue weighted by molar-refractivity contribution is 0.310. The molecule has 0 radical (unpaired) electrons. The zero-order valence-corrected chi connectivity index (χ0v) is 15.3. The number of aromatic nitrogens is 1. The van der Waals surface area contributed by atoms with Gasteiger partial charge in [0.25, 0.3) is 0 Å². The number of nitrogens with one attached hydrogen (secondary N) is 2. The van der Waals surface area contributed by atoms with E-state index in [-0.39, 0.29) is 23.0 Å². The molecule has 0 fully saturated rings. The summed E-state index contributed by atoms with van der Waals surface area (Å²) in [6.45, 7) is 2.31. The van der Waals surface area contributed by atoms with Crippen molar-refractivity contribution in [2.75, 3.05) is 30.5 Å². The molecule has 3 rings (SSSR count). The van der Waals surface area contributed by atoms with Gasteiger partial charge in [-0.2, -0.15) is 10.5 Å². The first-order valence-corrected chi connectivity index (χ1v) is 8.33. The van der Waals surface area contributed by atoms with Gasteiger partial charge >= 0.3 is 0 Å². The van der Waals surface area contributed by atoms with Crippen LogP contribution in [0.3, 0.4) is 0 Å². The van der Waals surface area contributed by atoms with Gasteiger partial charge in [0.15, 0.2) is 17.7 Å². The lowest BCUT2D eigenvalue weighted by Crippen LogP contribution is -2.32. The molecule has 6 N–H and O–H groups in total. The maximum atomic E-state index is 9.38. The van der Waals surface area contributed by atoms with Crippen LogP contribution in [0.25, 0.3) is 0 Å². The van der Waals surface area contributed by atoms with Gasteiger partial charge in [-0.05, 0) is 24.6 Å². The Labute approximate surface area is 161 Å². The van der Waals surface area contributed by atoms with Crippen molar-refractivity contribution in [1.82, 2.24) is 10.3 Å². The third kappa shape index (κ3) is 3.15. The number of guanidine groups is 1. The van der Waals surface area contributed by atoms with Gasteiger partial charge in [-0.3, -0.25) is 5.32 Å². The Hall–Kier alpha value is -4.18. The van der Waals surface area contributed by atoms with E-state index in [1.807, 2.05) is 19.2 Å². The standard InChI is InChI=1S/C18H18N8O2/c1-3-28-12-6-9(4-5-11(12)27-2)15-13-14(21)10(7-19)16(22)25-17(13)26-18(24-15)23-8-20/h4-6,15H,3H2,1-2H3,(H6,21,22,23,24,25,26). The van der Waals surface area contributed by atoms with Gasteiger partial charge in [0, 0.05) is 5.56 Å². The Morgan fingerprint density at radius 3 is 2.71 bits per heavy atom. The zero-order chi connectivity index (χ0) is 20.3. The van der Waals surface area contributed by atoms with Crippen LogP contribution in [0.4, 0.5) is 17.3 Å². The quantitative estimate of drug-likeness (QED) is 0.454. The zero-order valence-electron chi connectivity index (χ0n) is 15.3. The summed E-state index contributed by atoms with van der Waals surface area (Å²) in [7, 11) is 1.55. The number of ether oxygens (including phenoxy) is 2. The maximum Gasteiger partial charge on any atom is 0.211 e. The van der Waals surface area contributed by atoms with E-state index in [2.05, 4.69) is 20.6 Å². The topological polar surface area (TPSA) is 167 Å². The minimum atomic E-state index is -0.641. The molecular formula is C18H18N8O2. The Balaban J connectivity index is 2.22. The van der Waals surface area contributed by atoms with Gasteiger partial charge < -0.3 is 26.3 Å². The average molecular weight is 378 g/mol. The summed E-state index contributed by atoms with van der Waals surface area (Å²) in [6, 6.07) is 6.66. The summed E-state index contributed by atoms with van der Waals surface area (Å²) in [5.74, 6) is 1.61. The predicted octanol–water partition coefficient (Wildman–Crippen LogP) is 1.47. The lowest BCUT2D eigenvalue weighted by Gasteiger charge is -2.26. The van der Waals surface area contributed by atoms with Crippen LogP contribution in [0.2, 0.25) is 0 Å². The van der Waals surface area contributed by atoms with Crippen molar-refractivity contribution in [1.29, 1.82) is 10.5 Å². The molecule has 0 amide bonds. The first-order valence-electron chi connectivity index (χ1n) is 8.33. The predicted molar refractivity (Wildman–Crippen MR) is 104 cm³/mol. The van der Waals surface area contributed by atoms with Gasteiger partial charge in [-0.15, -0.1) is 0 Å². The minimum absolute atomic E-state index is 0.00653. The summed E-state index contributed by atoms with van der Waals surface area (Å²) in [5.41, 5.74) is 13.5. The summed E-state index contributed by atoms with van der Waals surface area (Å²) in [6.07, 6.45) is 1.81. The van der Waals surface area contributed by atoms with Gasteiger partial charge in [0.1, 0.15) is 29.3 Å². The van der Waals surface area contributed by atoms with Crippen LogP contribution in [0.5, 0.6) is 11.5 Å². The Morgan fingerprint density at radius 2 is 2.07 bits per heavy atom. The highest BCUT2D eigenvalue weighted by atomic mass is 16.5. The minimum Gasteiger partial charge on any atom is -0.493 e. The summed E-state index contributed by atoms with van der Waals surface area (Å²) in [5, 5.41) is 23.7. The number of fused-ring (bicyclic) bond motifs is 1. The van der Waals surface area contributed by atoms with Crippen molar-refractivity contribution in [3.05, 3.63) is 34.9 Å². The molecule has 1 aromatic carbocycles. The van der Waals surface area contributed by atoms with Crippen molar-refractivity contribution >= 4 is 23.3 Å². The Kier molecular flexibility index (Phi) is 5.05.